The molecule has 0 atom stereocenters. The van der Waals surface area contributed by atoms with E-state index in [1.165, 1.54) is 19.3 Å². The van der Waals surface area contributed by atoms with Crippen molar-refractivity contribution in [2.24, 2.45) is 11.3 Å². The number of hydrogen-bond acceptors (Lipinski definition) is 3. The lowest BCUT2D eigenvalue weighted by atomic mass is 9.57. The van der Waals surface area contributed by atoms with Crippen LogP contribution in [0.2, 0.25) is 0 Å². The van der Waals surface area contributed by atoms with E-state index in [1.807, 2.05) is 47.2 Å². The normalized spacial score (nSPS) is 21.1. The Labute approximate surface area is 187 Å². The highest BCUT2D eigenvalue weighted by Crippen LogP contribution is 2.53. The number of hydrogen-bond donors (Lipinski definition) is 0. The van der Waals surface area contributed by atoms with Gasteiger partial charge in [0.15, 0.2) is 0 Å². The molecule has 1 aliphatic heterocycles. The molecule has 5 nitrogen and oxygen atoms in total. The highest BCUT2D eigenvalue weighted by atomic mass is 16.2. The number of carbonyl (C=O) groups excluding carboxylic acids is 2. The highest BCUT2D eigenvalue weighted by molar-refractivity contribution is 5.94. The molecule has 1 saturated heterocycles. The summed E-state index contributed by atoms with van der Waals surface area (Å²) < 4.78 is 0. The van der Waals surface area contributed by atoms with E-state index in [0.717, 1.165) is 76.4 Å². The van der Waals surface area contributed by atoms with Crippen LogP contribution in [-0.2, 0) is 4.79 Å². The zero-order valence-electron chi connectivity index (χ0n) is 19.4. The van der Waals surface area contributed by atoms with Gasteiger partial charge in [0.2, 0.25) is 5.91 Å². The van der Waals surface area contributed by atoms with Crippen LogP contribution in [0.1, 0.15) is 68.6 Å². The van der Waals surface area contributed by atoms with E-state index < -0.39 is 0 Å². The molecule has 4 rings (SSSR count). The van der Waals surface area contributed by atoms with E-state index in [4.69, 9.17) is 0 Å². The van der Waals surface area contributed by atoms with Crippen molar-refractivity contribution >= 4 is 11.8 Å². The first-order valence-electron chi connectivity index (χ1n) is 12.3. The molecule has 0 bridgehead atoms. The second-order valence-corrected chi connectivity index (χ2v) is 10.1. The lowest BCUT2D eigenvalue weighted by molar-refractivity contribution is -0.144. The van der Waals surface area contributed by atoms with Crippen LogP contribution in [0.25, 0.3) is 0 Å². The summed E-state index contributed by atoms with van der Waals surface area (Å²) in [5, 5.41) is 0. The molecule has 0 N–H and O–H groups in total. The highest BCUT2D eigenvalue weighted by Gasteiger charge is 2.49. The molecule has 1 aromatic carbocycles. The first-order valence-corrected chi connectivity index (χ1v) is 12.3. The quantitative estimate of drug-likeness (QED) is 0.631. The molecule has 1 heterocycles. The van der Waals surface area contributed by atoms with Crippen molar-refractivity contribution in [1.82, 2.24) is 14.7 Å². The molecule has 0 radical (unpaired) electrons. The number of likely N-dealkylation sites (tertiary alicyclic amines) is 1. The van der Waals surface area contributed by atoms with Gasteiger partial charge in [-0.25, -0.2) is 0 Å². The lowest BCUT2D eigenvalue weighted by Crippen LogP contribution is -2.52. The number of rotatable bonds is 8. The lowest BCUT2D eigenvalue weighted by Gasteiger charge is -2.52. The summed E-state index contributed by atoms with van der Waals surface area (Å²) in [6, 6.07) is 10.4. The molecule has 0 unspecified atom stereocenters. The number of piperidine rings is 1. The second-order valence-electron chi connectivity index (χ2n) is 10.1. The Morgan fingerprint density at radius 2 is 1.74 bits per heavy atom. The average Bonchev–Trinajstić information content (AvgIpc) is 2.75. The van der Waals surface area contributed by atoms with Gasteiger partial charge in [-0.3, -0.25) is 9.59 Å². The van der Waals surface area contributed by atoms with Crippen LogP contribution in [0, 0.1) is 11.3 Å². The zero-order valence-corrected chi connectivity index (χ0v) is 19.4. The number of amides is 2. The van der Waals surface area contributed by atoms with Gasteiger partial charge >= 0.3 is 0 Å². The summed E-state index contributed by atoms with van der Waals surface area (Å²) in [5.41, 5.74) is 1.07. The Balaban J connectivity index is 1.17. The number of carbonyl (C=O) groups is 2. The smallest absolute Gasteiger partial charge is 0.253 e. The molecular weight excluding hydrogens is 386 g/mol. The fourth-order valence-electron chi connectivity index (χ4n) is 5.80. The molecule has 2 amide bonds. The maximum atomic E-state index is 12.9. The molecule has 170 valence electrons. The first kappa shape index (κ1) is 22.3. The summed E-state index contributed by atoms with van der Waals surface area (Å²) in [6.45, 7) is 6.98. The summed E-state index contributed by atoms with van der Waals surface area (Å²) in [6.07, 6.45) is 9.22. The minimum Gasteiger partial charge on any atom is -0.345 e. The zero-order chi connectivity index (χ0) is 21.8. The predicted octanol–water partition coefficient (Wildman–Crippen LogP) is 4.04. The molecule has 2 aliphatic carbocycles. The predicted molar refractivity (Wildman–Crippen MR) is 124 cm³/mol. The van der Waals surface area contributed by atoms with Gasteiger partial charge in [-0.1, -0.05) is 31.5 Å². The van der Waals surface area contributed by atoms with Crippen LogP contribution < -0.4 is 0 Å². The first-order chi connectivity index (χ1) is 15.0. The van der Waals surface area contributed by atoms with E-state index in [0.29, 0.717) is 5.91 Å². The van der Waals surface area contributed by atoms with Gasteiger partial charge in [0.25, 0.3) is 5.91 Å². The monoisotopic (exact) mass is 425 g/mol. The fraction of sp³-hybridized carbons (Fsp3) is 0.692. The van der Waals surface area contributed by atoms with Crippen molar-refractivity contribution in [3.05, 3.63) is 35.9 Å². The summed E-state index contributed by atoms with van der Waals surface area (Å²) in [7, 11) is 1.98. The van der Waals surface area contributed by atoms with E-state index in [-0.39, 0.29) is 17.2 Å². The summed E-state index contributed by atoms with van der Waals surface area (Å²) in [5.74, 6) is 0.667. The maximum Gasteiger partial charge on any atom is 0.253 e. The van der Waals surface area contributed by atoms with Crippen molar-refractivity contribution in [2.75, 3.05) is 39.8 Å². The minimum absolute atomic E-state index is 0.144. The van der Waals surface area contributed by atoms with Crippen LogP contribution in [0.4, 0.5) is 0 Å². The Morgan fingerprint density at radius 1 is 1.06 bits per heavy atom. The molecule has 3 aliphatic rings. The molecule has 1 spiro atoms. The molecule has 2 saturated carbocycles. The molecule has 3 fully saturated rings. The third kappa shape index (κ3) is 4.97. The molecular formula is C26H39N3O2. The van der Waals surface area contributed by atoms with E-state index in [9.17, 15) is 9.59 Å². The third-order valence-corrected chi connectivity index (χ3v) is 8.15. The van der Waals surface area contributed by atoms with Gasteiger partial charge in [-0.05, 0) is 69.0 Å². The van der Waals surface area contributed by atoms with Crippen molar-refractivity contribution < 1.29 is 9.59 Å². The Hall–Kier alpha value is -1.88. The standard InChI is InChI=1S/C26H39N3O2/c1-3-28(23-11-7-12-23)16-8-15-27(2)24(30)22-19-26(20-22)13-17-29(18-14-26)25(31)21-9-5-4-6-10-21/h4-6,9-10,22-23H,3,7-8,11-20H2,1-2H3. The Morgan fingerprint density at radius 3 is 2.32 bits per heavy atom. The van der Waals surface area contributed by atoms with Crippen molar-refractivity contribution in [2.45, 2.75) is 64.3 Å². The summed E-state index contributed by atoms with van der Waals surface area (Å²) >= 11 is 0. The third-order valence-electron chi connectivity index (χ3n) is 8.15. The van der Waals surface area contributed by atoms with Gasteiger partial charge in [0, 0.05) is 50.7 Å². The van der Waals surface area contributed by atoms with Gasteiger partial charge in [0.1, 0.15) is 0 Å². The van der Waals surface area contributed by atoms with E-state index >= 15 is 0 Å². The Kier molecular flexibility index (Phi) is 7.00. The van der Waals surface area contributed by atoms with Crippen molar-refractivity contribution in [1.29, 1.82) is 0 Å². The van der Waals surface area contributed by atoms with Gasteiger partial charge < -0.3 is 14.7 Å². The van der Waals surface area contributed by atoms with Crippen LogP contribution >= 0.6 is 0 Å². The molecule has 0 aromatic heterocycles. The van der Waals surface area contributed by atoms with Crippen LogP contribution in [-0.4, -0.2) is 72.3 Å². The van der Waals surface area contributed by atoms with Crippen molar-refractivity contribution in [3.8, 4) is 0 Å². The largest absolute Gasteiger partial charge is 0.345 e. The van der Waals surface area contributed by atoms with Crippen LogP contribution in [0.3, 0.4) is 0 Å². The minimum atomic E-state index is 0.144. The number of benzene rings is 1. The number of nitrogens with zero attached hydrogens (tertiary/aromatic N) is 3. The Bertz CT molecular complexity index is 745. The van der Waals surface area contributed by atoms with Crippen molar-refractivity contribution in [3.63, 3.8) is 0 Å². The van der Waals surface area contributed by atoms with Crippen LogP contribution in [0.5, 0.6) is 0 Å². The maximum absolute atomic E-state index is 12.9. The van der Waals surface area contributed by atoms with E-state index in [1.54, 1.807) is 0 Å². The topological polar surface area (TPSA) is 43.9 Å². The SMILES string of the molecule is CCN(CCCN(C)C(=O)C1CC2(CCN(C(=O)c3ccccc3)CC2)C1)C1CCC1. The molecule has 5 heteroatoms. The van der Waals surface area contributed by atoms with Gasteiger partial charge in [-0.2, -0.15) is 0 Å². The average molecular weight is 426 g/mol. The molecule has 31 heavy (non-hydrogen) atoms. The van der Waals surface area contributed by atoms with E-state index in [2.05, 4.69) is 11.8 Å². The van der Waals surface area contributed by atoms with Crippen LogP contribution in [0.15, 0.2) is 30.3 Å². The summed E-state index contributed by atoms with van der Waals surface area (Å²) in [4.78, 5) is 32.1. The fourth-order valence-corrected chi connectivity index (χ4v) is 5.80. The van der Waals surface area contributed by atoms with Gasteiger partial charge in [0.05, 0.1) is 0 Å². The van der Waals surface area contributed by atoms with Gasteiger partial charge in [-0.15, -0.1) is 0 Å². The second kappa shape index (κ2) is 9.72. The molecule has 1 aromatic rings.